The van der Waals surface area contributed by atoms with Crippen LogP contribution in [-0.4, -0.2) is 32.4 Å². The Morgan fingerprint density at radius 3 is 2.74 bits per heavy atom. The van der Waals surface area contributed by atoms with Crippen LogP contribution in [0.5, 0.6) is 0 Å². The minimum atomic E-state index is -0.549. The van der Waals surface area contributed by atoms with Gasteiger partial charge in [-0.3, -0.25) is 19.4 Å². The van der Waals surface area contributed by atoms with Crippen molar-refractivity contribution in [1.82, 2.24) is 14.0 Å². The van der Waals surface area contributed by atoms with Crippen molar-refractivity contribution in [1.29, 1.82) is 5.41 Å². The number of pyridine rings is 2. The highest BCUT2D eigenvalue weighted by Gasteiger charge is 2.28. The van der Waals surface area contributed by atoms with Crippen LogP contribution in [0.1, 0.15) is 70.3 Å². The summed E-state index contributed by atoms with van der Waals surface area (Å²) >= 11 is 1.39. The van der Waals surface area contributed by atoms with Crippen LogP contribution in [0.4, 0.5) is 5.00 Å². The summed E-state index contributed by atoms with van der Waals surface area (Å²) in [4.78, 5) is 45.9. The van der Waals surface area contributed by atoms with Gasteiger partial charge in [0.2, 0.25) is 0 Å². The zero-order chi connectivity index (χ0) is 27.1. The Morgan fingerprint density at radius 1 is 1.24 bits per heavy atom. The molecule has 2 N–H and O–H groups in total. The van der Waals surface area contributed by atoms with Crippen LogP contribution < -0.4 is 16.4 Å². The maximum Gasteiger partial charge on any atom is 0.341 e. The number of esters is 1. The molecule has 0 atom stereocenters. The number of rotatable bonds is 6. The van der Waals surface area contributed by atoms with E-state index in [0.717, 1.165) is 41.7 Å². The van der Waals surface area contributed by atoms with Crippen LogP contribution in [0, 0.1) is 18.3 Å². The highest BCUT2D eigenvalue weighted by Crippen LogP contribution is 2.38. The summed E-state index contributed by atoms with van der Waals surface area (Å²) in [5, 5.41) is 12.5. The molecule has 1 aliphatic carbocycles. The summed E-state index contributed by atoms with van der Waals surface area (Å²) in [5.41, 5.74) is 2.78. The minimum absolute atomic E-state index is 0.0347. The number of carbonyl (C=O) groups is 2. The van der Waals surface area contributed by atoms with E-state index in [9.17, 15) is 14.4 Å². The Morgan fingerprint density at radius 2 is 2.00 bits per heavy atom. The summed E-state index contributed by atoms with van der Waals surface area (Å²) < 4.78 is 8.41. The van der Waals surface area contributed by atoms with Crippen molar-refractivity contribution in [3.63, 3.8) is 0 Å². The molecule has 198 valence electrons. The summed E-state index contributed by atoms with van der Waals surface area (Å²) in [6.45, 7) is 8.29. The zero-order valence-corrected chi connectivity index (χ0v) is 22.8. The summed E-state index contributed by atoms with van der Waals surface area (Å²) in [7, 11) is 0. The number of amides is 1. The van der Waals surface area contributed by atoms with Crippen LogP contribution in [0.25, 0.3) is 16.7 Å². The van der Waals surface area contributed by atoms with Crippen molar-refractivity contribution < 1.29 is 14.3 Å². The van der Waals surface area contributed by atoms with Gasteiger partial charge in [-0.25, -0.2) is 9.78 Å². The molecule has 0 spiro atoms. The molecule has 9 nitrogen and oxygen atoms in total. The van der Waals surface area contributed by atoms with E-state index in [1.54, 1.807) is 23.8 Å². The molecular formula is C28H31N5O4S. The highest BCUT2D eigenvalue weighted by molar-refractivity contribution is 7.17. The molecule has 38 heavy (non-hydrogen) atoms. The second kappa shape index (κ2) is 10.2. The molecule has 0 saturated heterocycles. The molecule has 0 aromatic carbocycles. The first-order chi connectivity index (χ1) is 18.2. The molecule has 0 aliphatic heterocycles. The Kier molecular flexibility index (Phi) is 6.92. The van der Waals surface area contributed by atoms with E-state index in [0.29, 0.717) is 28.4 Å². The quantitative estimate of drug-likeness (QED) is 0.280. The number of ether oxygens (including phenoxy) is 1. The van der Waals surface area contributed by atoms with Gasteiger partial charge in [0, 0.05) is 17.6 Å². The molecule has 4 aromatic heterocycles. The van der Waals surface area contributed by atoms with E-state index in [2.05, 4.69) is 5.32 Å². The Bertz CT molecular complexity index is 1710. The van der Waals surface area contributed by atoms with Crippen LogP contribution in [0.2, 0.25) is 0 Å². The summed E-state index contributed by atoms with van der Waals surface area (Å²) in [6.07, 6.45) is 5.28. The van der Waals surface area contributed by atoms with E-state index in [-0.39, 0.29) is 34.5 Å². The maximum atomic E-state index is 13.7. The van der Waals surface area contributed by atoms with Gasteiger partial charge in [0.15, 0.2) is 0 Å². The molecular weight excluding hydrogens is 502 g/mol. The number of fused-ring (bicyclic) bond motifs is 3. The van der Waals surface area contributed by atoms with Gasteiger partial charge in [0.05, 0.1) is 23.1 Å². The lowest BCUT2D eigenvalue weighted by Gasteiger charge is -2.16. The Hall–Kier alpha value is -3.79. The van der Waals surface area contributed by atoms with Crippen molar-refractivity contribution >= 4 is 44.9 Å². The molecule has 1 aliphatic rings. The van der Waals surface area contributed by atoms with Gasteiger partial charge in [0.1, 0.15) is 21.8 Å². The van der Waals surface area contributed by atoms with Gasteiger partial charge in [-0.2, -0.15) is 0 Å². The van der Waals surface area contributed by atoms with Crippen molar-refractivity contribution in [2.24, 2.45) is 5.92 Å². The Balaban J connectivity index is 1.68. The fourth-order valence-corrected chi connectivity index (χ4v) is 6.33. The predicted molar refractivity (Wildman–Crippen MR) is 147 cm³/mol. The van der Waals surface area contributed by atoms with Crippen LogP contribution >= 0.6 is 11.3 Å². The van der Waals surface area contributed by atoms with Crippen LogP contribution in [0.3, 0.4) is 0 Å². The molecule has 1 amide bonds. The smallest absolute Gasteiger partial charge is 0.341 e. The number of anilines is 1. The lowest BCUT2D eigenvalue weighted by molar-refractivity contribution is 0.0526. The van der Waals surface area contributed by atoms with Gasteiger partial charge >= 0.3 is 5.97 Å². The minimum Gasteiger partial charge on any atom is -0.462 e. The number of carbonyl (C=O) groups excluding carboxylic acids is 2. The zero-order valence-electron chi connectivity index (χ0n) is 22.0. The average Bonchev–Trinajstić information content (AvgIpc) is 3.24. The standard InChI is InChI=1S/C28H31N5O4S/c1-5-37-28(36)21-17-10-6-7-11-20(17)38-26(21)31-25(34)18-13-19-24(33(22(18)29)14-15(2)3)30-23-16(4)9-8-12-32(23)27(19)35/h8-9,12-13,15,29H,5-7,10-11,14H2,1-4H3,(H,31,34). The first-order valence-electron chi connectivity index (χ1n) is 12.9. The topological polar surface area (TPSA) is 119 Å². The highest BCUT2D eigenvalue weighted by atomic mass is 32.1. The molecule has 0 unspecified atom stereocenters. The number of aromatic nitrogens is 3. The van der Waals surface area contributed by atoms with Gasteiger partial charge in [0.25, 0.3) is 11.5 Å². The Labute approximate surface area is 223 Å². The molecule has 4 aromatic rings. The van der Waals surface area contributed by atoms with Crippen molar-refractivity contribution in [2.45, 2.75) is 59.9 Å². The molecule has 10 heteroatoms. The summed E-state index contributed by atoms with van der Waals surface area (Å²) in [6, 6.07) is 5.11. The van der Waals surface area contributed by atoms with E-state index < -0.39 is 11.9 Å². The lowest BCUT2D eigenvalue weighted by Crippen LogP contribution is -2.33. The first-order valence-corrected chi connectivity index (χ1v) is 13.8. The van der Waals surface area contributed by atoms with Crippen LogP contribution in [0.15, 0.2) is 29.2 Å². The molecule has 0 radical (unpaired) electrons. The van der Waals surface area contributed by atoms with E-state index >= 15 is 0 Å². The monoisotopic (exact) mass is 533 g/mol. The number of nitrogens with zero attached hydrogens (tertiary/aromatic N) is 3. The summed E-state index contributed by atoms with van der Waals surface area (Å²) in [5.74, 6) is -0.861. The molecule has 5 rings (SSSR count). The van der Waals surface area contributed by atoms with E-state index in [1.165, 1.54) is 21.8 Å². The second-order valence-electron chi connectivity index (χ2n) is 10.0. The van der Waals surface area contributed by atoms with Gasteiger partial charge in [-0.15, -0.1) is 11.3 Å². The SMILES string of the molecule is CCOC(=O)c1c(NC(=O)c2cc3c(=O)n4cccc(C)c4nc3n(CC(C)C)c2=N)sc2c1CCCC2. The van der Waals surface area contributed by atoms with E-state index in [1.807, 2.05) is 26.8 Å². The maximum absolute atomic E-state index is 13.7. The molecule has 4 heterocycles. The fraction of sp³-hybridized carbons (Fsp3) is 0.393. The van der Waals surface area contributed by atoms with Crippen molar-refractivity contribution in [3.8, 4) is 0 Å². The van der Waals surface area contributed by atoms with Crippen molar-refractivity contribution in [2.75, 3.05) is 11.9 Å². The normalized spacial score (nSPS) is 13.2. The van der Waals surface area contributed by atoms with Gasteiger partial charge in [-0.05, 0) is 68.7 Å². The molecule has 0 saturated carbocycles. The van der Waals surface area contributed by atoms with Crippen molar-refractivity contribution in [3.05, 3.63) is 67.4 Å². The molecule has 0 fully saturated rings. The number of thiophene rings is 1. The average molecular weight is 534 g/mol. The molecule has 0 bridgehead atoms. The number of aryl methyl sites for hydroxylation is 2. The first kappa shape index (κ1) is 25.8. The van der Waals surface area contributed by atoms with Crippen LogP contribution in [-0.2, 0) is 24.1 Å². The number of hydrogen-bond donors (Lipinski definition) is 2. The number of nitrogens with one attached hydrogen (secondary N) is 2. The van der Waals surface area contributed by atoms with Gasteiger partial charge in [-0.1, -0.05) is 19.9 Å². The second-order valence-corrected chi connectivity index (χ2v) is 11.1. The largest absolute Gasteiger partial charge is 0.462 e. The third kappa shape index (κ3) is 4.42. The predicted octanol–water partition coefficient (Wildman–Crippen LogP) is 4.46. The lowest BCUT2D eigenvalue weighted by atomic mass is 9.95. The fourth-order valence-electron chi connectivity index (χ4n) is 5.06. The third-order valence-electron chi connectivity index (χ3n) is 6.80. The third-order valence-corrected chi connectivity index (χ3v) is 8.01. The van der Waals surface area contributed by atoms with Gasteiger partial charge < -0.3 is 14.6 Å². The van der Waals surface area contributed by atoms with E-state index in [4.69, 9.17) is 15.1 Å². The number of hydrogen-bond acceptors (Lipinski definition) is 7.